The zero-order chi connectivity index (χ0) is 13.7. The van der Waals surface area contributed by atoms with Crippen molar-refractivity contribution in [2.75, 3.05) is 0 Å². The molecule has 0 bridgehead atoms. The largest absolute Gasteiger partial charge is 0.309 e. The molecule has 0 aliphatic carbocycles. The summed E-state index contributed by atoms with van der Waals surface area (Å²) in [6.07, 6.45) is 0. The number of benzene rings is 2. The summed E-state index contributed by atoms with van der Waals surface area (Å²) in [7, 11) is 0. The van der Waals surface area contributed by atoms with Crippen molar-refractivity contribution in [1.82, 2.24) is 5.32 Å². The Hall–Kier alpha value is -1.89. The smallest absolute Gasteiger partial charge is 0.123 e. The van der Waals surface area contributed by atoms with Gasteiger partial charge in [0, 0.05) is 18.1 Å². The number of hydrogen-bond acceptors (Lipinski definition) is 2. The third-order valence-electron chi connectivity index (χ3n) is 2.74. The number of nitrogens with zero attached hydrogens (tertiary/aromatic N) is 1. The van der Waals surface area contributed by atoms with Crippen LogP contribution in [0.25, 0.3) is 0 Å². The SMILES string of the molecule is N#Cc1ccc(CNCc2ccc(F)cc2)c(Cl)c1. The topological polar surface area (TPSA) is 35.8 Å². The van der Waals surface area contributed by atoms with Crippen molar-refractivity contribution >= 4 is 11.6 Å². The van der Waals surface area contributed by atoms with E-state index in [2.05, 4.69) is 5.32 Å². The van der Waals surface area contributed by atoms with Crippen molar-refractivity contribution < 1.29 is 4.39 Å². The summed E-state index contributed by atoms with van der Waals surface area (Å²) in [5, 5.41) is 12.5. The summed E-state index contributed by atoms with van der Waals surface area (Å²) >= 11 is 6.07. The molecule has 0 amide bonds. The van der Waals surface area contributed by atoms with E-state index in [-0.39, 0.29) is 5.82 Å². The molecule has 2 aromatic rings. The molecule has 0 spiro atoms. The Morgan fingerprint density at radius 3 is 2.47 bits per heavy atom. The molecule has 0 saturated heterocycles. The van der Waals surface area contributed by atoms with Gasteiger partial charge >= 0.3 is 0 Å². The Morgan fingerprint density at radius 1 is 1.11 bits per heavy atom. The lowest BCUT2D eigenvalue weighted by atomic mass is 10.1. The first kappa shape index (κ1) is 13.5. The Kier molecular flexibility index (Phi) is 4.51. The van der Waals surface area contributed by atoms with Crippen molar-refractivity contribution in [2.45, 2.75) is 13.1 Å². The van der Waals surface area contributed by atoms with Gasteiger partial charge in [-0.25, -0.2) is 4.39 Å². The zero-order valence-electron chi connectivity index (χ0n) is 10.2. The third-order valence-corrected chi connectivity index (χ3v) is 3.09. The fraction of sp³-hybridized carbons (Fsp3) is 0.133. The lowest BCUT2D eigenvalue weighted by Crippen LogP contribution is -2.13. The molecule has 0 aliphatic rings. The number of nitriles is 1. The molecule has 0 aromatic heterocycles. The molecule has 0 fully saturated rings. The molecule has 1 N–H and O–H groups in total. The highest BCUT2D eigenvalue weighted by atomic mass is 35.5. The van der Waals surface area contributed by atoms with Crippen molar-refractivity contribution in [3.63, 3.8) is 0 Å². The van der Waals surface area contributed by atoms with Crippen LogP contribution in [0.3, 0.4) is 0 Å². The van der Waals surface area contributed by atoms with Crippen LogP contribution in [0, 0.1) is 17.1 Å². The maximum atomic E-state index is 12.7. The molecule has 2 nitrogen and oxygen atoms in total. The zero-order valence-corrected chi connectivity index (χ0v) is 10.9. The predicted molar refractivity (Wildman–Crippen MR) is 73.1 cm³/mol. The van der Waals surface area contributed by atoms with Gasteiger partial charge in [-0.1, -0.05) is 29.8 Å². The second kappa shape index (κ2) is 6.33. The van der Waals surface area contributed by atoms with E-state index < -0.39 is 0 Å². The first-order valence-electron chi connectivity index (χ1n) is 5.83. The van der Waals surface area contributed by atoms with E-state index in [1.54, 1.807) is 24.3 Å². The first-order chi connectivity index (χ1) is 9.19. The number of halogens is 2. The average molecular weight is 275 g/mol. The second-order valence-corrected chi connectivity index (χ2v) is 4.56. The van der Waals surface area contributed by atoms with E-state index in [9.17, 15) is 4.39 Å². The molecule has 0 saturated carbocycles. The number of nitrogens with one attached hydrogen (secondary N) is 1. The Labute approximate surface area is 116 Å². The number of rotatable bonds is 4. The molecule has 96 valence electrons. The molecule has 4 heteroatoms. The van der Waals surface area contributed by atoms with Gasteiger partial charge in [0.25, 0.3) is 0 Å². The summed E-state index contributed by atoms with van der Waals surface area (Å²) in [4.78, 5) is 0. The lowest BCUT2D eigenvalue weighted by Gasteiger charge is -2.07. The van der Waals surface area contributed by atoms with Gasteiger partial charge in [0.05, 0.1) is 11.6 Å². The molecular formula is C15H12ClFN2. The lowest BCUT2D eigenvalue weighted by molar-refractivity contribution is 0.625. The Morgan fingerprint density at radius 2 is 1.84 bits per heavy atom. The molecule has 0 unspecified atom stereocenters. The van der Waals surface area contributed by atoms with Gasteiger partial charge in [0.1, 0.15) is 5.82 Å². The molecule has 2 rings (SSSR count). The monoisotopic (exact) mass is 274 g/mol. The van der Waals surface area contributed by atoms with Crippen LogP contribution in [0.15, 0.2) is 42.5 Å². The van der Waals surface area contributed by atoms with Gasteiger partial charge < -0.3 is 5.32 Å². The number of hydrogen-bond donors (Lipinski definition) is 1. The van der Waals surface area contributed by atoms with E-state index in [0.29, 0.717) is 23.7 Å². The summed E-state index contributed by atoms with van der Waals surface area (Å²) in [6.45, 7) is 1.23. The summed E-state index contributed by atoms with van der Waals surface area (Å²) in [5.41, 5.74) is 2.49. The van der Waals surface area contributed by atoms with Crippen molar-refractivity contribution in [1.29, 1.82) is 5.26 Å². The Bertz CT molecular complexity index is 603. The molecule has 2 aromatic carbocycles. The van der Waals surface area contributed by atoms with E-state index in [1.165, 1.54) is 12.1 Å². The van der Waals surface area contributed by atoms with Crippen LogP contribution in [0.2, 0.25) is 5.02 Å². The van der Waals surface area contributed by atoms with Crippen LogP contribution < -0.4 is 5.32 Å². The minimum absolute atomic E-state index is 0.237. The van der Waals surface area contributed by atoms with Crippen LogP contribution in [-0.2, 0) is 13.1 Å². The fourth-order valence-electron chi connectivity index (χ4n) is 1.70. The average Bonchev–Trinajstić information content (AvgIpc) is 2.42. The summed E-state index contributed by atoms with van der Waals surface area (Å²) in [5.74, 6) is -0.237. The quantitative estimate of drug-likeness (QED) is 0.924. The highest BCUT2D eigenvalue weighted by Gasteiger charge is 2.01. The second-order valence-electron chi connectivity index (χ2n) is 4.15. The third kappa shape index (κ3) is 3.78. The normalized spacial score (nSPS) is 10.2. The molecule has 0 radical (unpaired) electrons. The summed E-state index contributed by atoms with van der Waals surface area (Å²) < 4.78 is 12.7. The minimum atomic E-state index is -0.237. The van der Waals surface area contributed by atoms with E-state index in [4.69, 9.17) is 16.9 Å². The van der Waals surface area contributed by atoms with Crippen LogP contribution in [0.5, 0.6) is 0 Å². The van der Waals surface area contributed by atoms with Gasteiger partial charge in [0.15, 0.2) is 0 Å². The fourth-order valence-corrected chi connectivity index (χ4v) is 1.95. The predicted octanol–water partition coefficient (Wildman–Crippen LogP) is 3.64. The highest BCUT2D eigenvalue weighted by molar-refractivity contribution is 6.31. The van der Waals surface area contributed by atoms with Gasteiger partial charge in [-0.3, -0.25) is 0 Å². The molecule has 0 atom stereocenters. The molecule has 19 heavy (non-hydrogen) atoms. The molecule has 0 aliphatic heterocycles. The van der Waals surface area contributed by atoms with Gasteiger partial charge in [-0.05, 0) is 35.4 Å². The highest BCUT2D eigenvalue weighted by Crippen LogP contribution is 2.17. The van der Waals surface area contributed by atoms with E-state index >= 15 is 0 Å². The van der Waals surface area contributed by atoms with Gasteiger partial charge in [-0.15, -0.1) is 0 Å². The van der Waals surface area contributed by atoms with E-state index in [1.807, 2.05) is 12.1 Å². The van der Waals surface area contributed by atoms with Crippen molar-refractivity contribution in [3.8, 4) is 6.07 Å². The minimum Gasteiger partial charge on any atom is -0.309 e. The van der Waals surface area contributed by atoms with Gasteiger partial charge in [0.2, 0.25) is 0 Å². The maximum absolute atomic E-state index is 12.7. The van der Waals surface area contributed by atoms with Crippen molar-refractivity contribution in [3.05, 3.63) is 70.0 Å². The van der Waals surface area contributed by atoms with E-state index in [0.717, 1.165) is 11.1 Å². The van der Waals surface area contributed by atoms with Crippen LogP contribution in [0.4, 0.5) is 4.39 Å². The molecule has 0 heterocycles. The maximum Gasteiger partial charge on any atom is 0.123 e. The standard InChI is InChI=1S/C15H12ClFN2/c16-15-7-12(8-18)1-4-13(15)10-19-9-11-2-5-14(17)6-3-11/h1-7,19H,9-10H2. The van der Waals surface area contributed by atoms with Crippen LogP contribution in [-0.4, -0.2) is 0 Å². The van der Waals surface area contributed by atoms with Gasteiger partial charge in [-0.2, -0.15) is 5.26 Å². The van der Waals surface area contributed by atoms with Crippen LogP contribution in [0.1, 0.15) is 16.7 Å². The Balaban J connectivity index is 1.92. The molecular weight excluding hydrogens is 263 g/mol. The van der Waals surface area contributed by atoms with Crippen LogP contribution >= 0.6 is 11.6 Å². The summed E-state index contributed by atoms with van der Waals surface area (Å²) in [6, 6.07) is 13.6. The van der Waals surface area contributed by atoms with Crippen molar-refractivity contribution in [2.24, 2.45) is 0 Å². The first-order valence-corrected chi connectivity index (χ1v) is 6.20.